The summed E-state index contributed by atoms with van der Waals surface area (Å²) in [5.41, 5.74) is 8.26. The third-order valence-corrected chi connectivity index (χ3v) is 6.20. The van der Waals surface area contributed by atoms with Crippen molar-refractivity contribution in [1.29, 1.82) is 0 Å². The molecule has 0 bridgehead atoms. The van der Waals surface area contributed by atoms with Gasteiger partial charge in [-0.05, 0) is 25.3 Å². The van der Waals surface area contributed by atoms with Crippen molar-refractivity contribution in [2.75, 3.05) is 17.2 Å². The van der Waals surface area contributed by atoms with Crippen LogP contribution in [0.15, 0.2) is 12.4 Å². The van der Waals surface area contributed by atoms with Crippen LogP contribution in [-0.4, -0.2) is 22.4 Å². The molecule has 0 unspecified atom stereocenters. The van der Waals surface area contributed by atoms with Crippen LogP contribution in [0.3, 0.4) is 0 Å². The maximum atomic E-state index is 13.5. The van der Waals surface area contributed by atoms with Crippen LogP contribution in [0.25, 0.3) is 0 Å². The third-order valence-electron chi connectivity index (χ3n) is 6.20. The molecule has 27 heavy (non-hydrogen) atoms. The number of amides is 1. The Hall–Kier alpha value is -2.90. The molecule has 140 valence electrons. The summed E-state index contributed by atoms with van der Waals surface area (Å²) in [6, 6.07) is 1.79. The van der Waals surface area contributed by atoms with E-state index in [1.165, 1.54) is 6.33 Å². The van der Waals surface area contributed by atoms with E-state index in [2.05, 4.69) is 15.3 Å². The predicted octanol–water partition coefficient (Wildman–Crippen LogP) is 1.60. The van der Waals surface area contributed by atoms with E-state index in [4.69, 9.17) is 5.73 Å². The molecule has 1 spiro atoms. The number of aryl methyl sites for hydroxylation is 1. The van der Waals surface area contributed by atoms with Gasteiger partial charge in [-0.15, -0.1) is 0 Å². The molecule has 1 aliphatic carbocycles. The Morgan fingerprint density at radius 1 is 1.30 bits per heavy atom. The van der Waals surface area contributed by atoms with Crippen molar-refractivity contribution in [2.45, 2.75) is 51.0 Å². The fourth-order valence-electron chi connectivity index (χ4n) is 4.93. The van der Waals surface area contributed by atoms with Crippen LogP contribution in [0.1, 0.15) is 59.3 Å². The Kier molecular flexibility index (Phi) is 3.35. The Bertz CT molecular complexity index is 967. The minimum atomic E-state index is -0.541. The first-order valence-electron chi connectivity index (χ1n) is 9.49. The zero-order valence-electron chi connectivity index (χ0n) is 15.3. The molecule has 0 aromatic carbocycles. The summed E-state index contributed by atoms with van der Waals surface area (Å²) < 4.78 is 0.957. The molecule has 3 N–H and O–H groups in total. The lowest BCUT2D eigenvalue weighted by atomic mass is 9.79. The Balaban J connectivity index is 1.70. The summed E-state index contributed by atoms with van der Waals surface area (Å²) in [4.78, 5) is 23.0. The smallest absolute Gasteiger partial charge is 0.286 e. The maximum Gasteiger partial charge on any atom is 0.286 e. The van der Waals surface area contributed by atoms with Gasteiger partial charge < -0.3 is 16.3 Å². The first kappa shape index (κ1) is 16.3. The fraction of sp³-hybridized carbons (Fsp3) is 0.474. The summed E-state index contributed by atoms with van der Waals surface area (Å²) in [5, 5.41) is 16.7. The monoisotopic (exact) mass is 366 g/mol. The fourth-order valence-corrected chi connectivity index (χ4v) is 4.93. The number of anilines is 3. The molecule has 4 heterocycles. The highest BCUT2D eigenvalue weighted by molar-refractivity contribution is 6.00. The van der Waals surface area contributed by atoms with Crippen molar-refractivity contribution < 1.29 is 9.52 Å². The van der Waals surface area contributed by atoms with Gasteiger partial charge in [-0.25, -0.2) is 14.6 Å². The molecule has 0 radical (unpaired) electrons. The summed E-state index contributed by atoms with van der Waals surface area (Å²) in [5.74, 6) is 1.51. The molecular weight excluding hydrogens is 344 g/mol. The van der Waals surface area contributed by atoms with Gasteiger partial charge in [0, 0.05) is 12.5 Å². The lowest BCUT2D eigenvalue weighted by Crippen LogP contribution is -2.50. The molecule has 3 aliphatic rings. The highest BCUT2D eigenvalue weighted by Crippen LogP contribution is 2.43. The summed E-state index contributed by atoms with van der Waals surface area (Å²) in [6.07, 6.45) is 6.90. The van der Waals surface area contributed by atoms with E-state index in [0.29, 0.717) is 41.7 Å². The molecule has 2 aromatic heterocycles. The van der Waals surface area contributed by atoms with Crippen LogP contribution in [-0.2, 0) is 12.0 Å². The average molecular weight is 366 g/mol. The van der Waals surface area contributed by atoms with Gasteiger partial charge in [0.15, 0.2) is 0 Å². The van der Waals surface area contributed by atoms with Crippen LogP contribution < -0.4 is 20.7 Å². The molecule has 5 rings (SSSR count). The van der Waals surface area contributed by atoms with Crippen LogP contribution in [0.5, 0.6) is 0 Å². The number of hydrogen-bond donors (Lipinski definition) is 2. The predicted molar refractivity (Wildman–Crippen MR) is 99.5 cm³/mol. The summed E-state index contributed by atoms with van der Waals surface area (Å²) in [7, 11) is 0. The standard InChI is InChI=1S/C19H22N6O2/c1-11-9-13(24-8-5-12-16(20)21-10-22-17(12)24)25(27)15-14(11)18(26)23-19(15)6-3-2-4-7-19/h9-10H,2-8H2,1H3,(H,23,26)(H2,20,21,22). The van der Waals surface area contributed by atoms with Gasteiger partial charge >= 0.3 is 0 Å². The van der Waals surface area contributed by atoms with Gasteiger partial charge in [-0.2, -0.15) is 4.98 Å². The largest absolute Gasteiger partial charge is 0.710 e. The molecule has 2 aromatic rings. The Labute approximate surface area is 157 Å². The van der Waals surface area contributed by atoms with Gasteiger partial charge in [0.2, 0.25) is 5.82 Å². The number of carbonyl (C=O) groups is 1. The first-order chi connectivity index (χ1) is 13.0. The molecule has 0 saturated heterocycles. The lowest BCUT2D eigenvalue weighted by molar-refractivity contribution is -0.605. The van der Waals surface area contributed by atoms with E-state index < -0.39 is 5.54 Å². The summed E-state index contributed by atoms with van der Waals surface area (Å²) in [6.45, 7) is 2.52. The van der Waals surface area contributed by atoms with Crippen molar-refractivity contribution >= 4 is 23.4 Å². The number of pyridine rings is 1. The zero-order chi connectivity index (χ0) is 18.8. The number of rotatable bonds is 1. The van der Waals surface area contributed by atoms with E-state index in [0.717, 1.165) is 48.0 Å². The molecule has 0 atom stereocenters. The summed E-state index contributed by atoms with van der Waals surface area (Å²) >= 11 is 0. The Morgan fingerprint density at radius 3 is 2.85 bits per heavy atom. The quantitative estimate of drug-likeness (QED) is 0.586. The number of nitrogens with one attached hydrogen (secondary N) is 1. The van der Waals surface area contributed by atoms with Crippen molar-refractivity contribution in [3.05, 3.63) is 40.0 Å². The van der Waals surface area contributed by atoms with Crippen molar-refractivity contribution in [1.82, 2.24) is 15.3 Å². The second kappa shape index (κ2) is 5.55. The second-order valence-corrected chi connectivity index (χ2v) is 7.76. The SMILES string of the molecule is Cc1cc(N2CCc3c(N)ncnc32)[n+]([O-])c2c1C(=O)NC21CCCCC1. The van der Waals surface area contributed by atoms with E-state index >= 15 is 0 Å². The maximum absolute atomic E-state index is 13.5. The van der Waals surface area contributed by atoms with Crippen molar-refractivity contribution in [2.24, 2.45) is 0 Å². The number of nitrogens with two attached hydrogens (primary N) is 1. The van der Waals surface area contributed by atoms with E-state index in [9.17, 15) is 10.0 Å². The molecule has 1 saturated carbocycles. The van der Waals surface area contributed by atoms with Gasteiger partial charge in [-0.1, -0.05) is 19.3 Å². The van der Waals surface area contributed by atoms with E-state index in [1.54, 1.807) is 6.07 Å². The number of nitrogens with zero attached hydrogens (tertiary/aromatic N) is 4. The minimum absolute atomic E-state index is 0.131. The van der Waals surface area contributed by atoms with Crippen LogP contribution >= 0.6 is 0 Å². The van der Waals surface area contributed by atoms with Crippen molar-refractivity contribution in [3.8, 4) is 0 Å². The van der Waals surface area contributed by atoms with Crippen molar-refractivity contribution in [3.63, 3.8) is 0 Å². The zero-order valence-corrected chi connectivity index (χ0v) is 15.3. The first-order valence-corrected chi connectivity index (χ1v) is 9.49. The number of hydrogen-bond acceptors (Lipinski definition) is 6. The molecular formula is C19H22N6O2. The van der Waals surface area contributed by atoms with Gasteiger partial charge in [0.05, 0.1) is 17.7 Å². The molecule has 8 nitrogen and oxygen atoms in total. The second-order valence-electron chi connectivity index (χ2n) is 7.76. The molecule has 8 heteroatoms. The van der Waals surface area contributed by atoms with Gasteiger partial charge in [0.1, 0.15) is 23.4 Å². The number of nitrogen functional groups attached to an aromatic ring is 1. The highest BCUT2D eigenvalue weighted by atomic mass is 16.5. The van der Waals surface area contributed by atoms with E-state index in [-0.39, 0.29) is 5.91 Å². The Morgan fingerprint density at radius 2 is 2.07 bits per heavy atom. The van der Waals surface area contributed by atoms with Gasteiger partial charge in [-0.3, -0.25) is 4.79 Å². The normalized spacial score (nSPS) is 19.9. The average Bonchev–Trinajstić information content (AvgIpc) is 3.20. The third kappa shape index (κ3) is 2.15. The van der Waals surface area contributed by atoms with Crippen LogP contribution in [0.2, 0.25) is 0 Å². The van der Waals surface area contributed by atoms with E-state index in [1.807, 2.05) is 11.8 Å². The number of aromatic nitrogens is 3. The molecule has 2 aliphatic heterocycles. The van der Waals surface area contributed by atoms with Crippen LogP contribution in [0.4, 0.5) is 17.5 Å². The lowest BCUT2D eigenvalue weighted by Gasteiger charge is -2.34. The van der Waals surface area contributed by atoms with Crippen LogP contribution in [0, 0.1) is 12.1 Å². The van der Waals surface area contributed by atoms with Gasteiger partial charge in [0.25, 0.3) is 11.7 Å². The molecule has 1 fully saturated rings. The number of fused-ring (bicyclic) bond motifs is 3. The topological polar surface area (TPSA) is 111 Å². The number of carbonyl (C=O) groups excluding carboxylic acids is 1. The molecule has 1 amide bonds. The highest BCUT2D eigenvalue weighted by Gasteiger charge is 2.49. The minimum Gasteiger partial charge on any atom is -0.710 e.